The number of nitrogens with zero attached hydrogens (tertiary/aromatic N) is 3. The monoisotopic (exact) mass is 240 g/mol. The van der Waals surface area contributed by atoms with Crippen LogP contribution in [0.5, 0.6) is 0 Å². The van der Waals surface area contributed by atoms with Crippen molar-refractivity contribution in [1.29, 1.82) is 0 Å². The van der Waals surface area contributed by atoms with E-state index in [1.54, 1.807) is 0 Å². The van der Waals surface area contributed by atoms with Crippen LogP contribution in [0.4, 0.5) is 4.79 Å². The Morgan fingerprint density at radius 1 is 1.06 bits per heavy atom. The molecular weight excluding hydrogens is 216 g/mol. The van der Waals surface area contributed by atoms with Gasteiger partial charge in [0, 0.05) is 51.4 Å². The van der Waals surface area contributed by atoms with Crippen LogP contribution in [0, 0.1) is 0 Å². The second-order valence-electron chi connectivity index (χ2n) is 5.29. The van der Waals surface area contributed by atoms with Gasteiger partial charge in [-0.15, -0.1) is 0 Å². The number of carbonyl (C=O) groups excluding carboxylic acids is 1. The number of rotatable bonds is 0. The van der Waals surface area contributed by atoms with Crippen molar-refractivity contribution in [2.75, 3.05) is 46.3 Å². The van der Waals surface area contributed by atoms with Crippen LogP contribution in [-0.2, 0) is 0 Å². The Bertz CT molecular complexity index is 266. The molecule has 98 valence electrons. The summed E-state index contributed by atoms with van der Waals surface area (Å²) in [6.07, 6.45) is 0. The lowest BCUT2D eigenvalue weighted by Crippen LogP contribution is -2.60. The fourth-order valence-corrected chi connectivity index (χ4v) is 2.62. The van der Waals surface area contributed by atoms with E-state index in [9.17, 15) is 4.79 Å². The molecule has 0 aromatic heterocycles. The maximum atomic E-state index is 12.4. The topological polar surface area (TPSA) is 38.8 Å². The number of urea groups is 1. The minimum atomic E-state index is 0.221. The zero-order valence-electron chi connectivity index (χ0n) is 11.1. The van der Waals surface area contributed by atoms with E-state index in [1.165, 1.54) is 0 Å². The smallest absolute Gasteiger partial charge is 0.320 e. The third kappa shape index (κ3) is 2.72. The van der Waals surface area contributed by atoms with Crippen molar-refractivity contribution >= 4 is 6.03 Å². The van der Waals surface area contributed by atoms with Crippen LogP contribution in [0.2, 0.25) is 0 Å². The Kier molecular flexibility index (Phi) is 3.89. The lowest BCUT2D eigenvalue weighted by atomic mass is 10.1. The normalized spacial score (nSPS) is 31.7. The van der Waals surface area contributed by atoms with Crippen LogP contribution in [0.25, 0.3) is 0 Å². The number of piperazine rings is 2. The average Bonchev–Trinajstić information content (AvgIpc) is 2.35. The van der Waals surface area contributed by atoms with Crippen LogP contribution >= 0.6 is 0 Å². The number of hydrogen-bond acceptors (Lipinski definition) is 3. The Hall–Kier alpha value is -0.810. The van der Waals surface area contributed by atoms with Gasteiger partial charge in [0.05, 0.1) is 0 Å². The van der Waals surface area contributed by atoms with E-state index in [-0.39, 0.29) is 6.03 Å². The SMILES string of the molecule is CC1CN(C(=O)N2CCNCC2)CC(C)N1C. The van der Waals surface area contributed by atoms with Crippen molar-refractivity contribution in [3.05, 3.63) is 0 Å². The molecule has 2 amide bonds. The van der Waals surface area contributed by atoms with Crippen LogP contribution < -0.4 is 5.32 Å². The molecule has 17 heavy (non-hydrogen) atoms. The van der Waals surface area contributed by atoms with E-state index >= 15 is 0 Å². The van der Waals surface area contributed by atoms with E-state index in [0.29, 0.717) is 12.1 Å². The highest BCUT2D eigenvalue weighted by Gasteiger charge is 2.31. The molecule has 5 heteroatoms. The molecule has 5 nitrogen and oxygen atoms in total. The van der Waals surface area contributed by atoms with Crippen molar-refractivity contribution in [2.45, 2.75) is 25.9 Å². The van der Waals surface area contributed by atoms with Crippen LogP contribution in [0.3, 0.4) is 0 Å². The minimum absolute atomic E-state index is 0.221. The molecule has 0 saturated carbocycles. The molecule has 2 atom stereocenters. The molecule has 2 unspecified atom stereocenters. The zero-order valence-corrected chi connectivity index (χ0v) is 11.1. The van der Waals surface area contributed by atoms with Crippen molar-refractivity contribution in [3.8, 4) is 0 Å². The molecular formula is C12H24N4O. The molecule has 2 rings (SSSR count). The maximum absolute atomic E-state index is 12.4. The largest absolute Gasteiger partial charge is 0.322 e. The van der Waals surface area contributed by atoms with Gasteiger partial charge in [0.15, 0.2) is 0 Å². The predicted molar refractivity (Wildman–Crippen MR) is 68.1 cm³/mol. The van der Waals surface area contributed by atoms with E-state index in [0.717, 1.165) is 39.3 Å². The predicted octanol–water partition coefficient (Wildman–Crippen LogP) is 0.0360. The highest BCUT2D eigenvalue weighted by Crippen LogP contribution is 2.15. The molecule has 0 aromatic carbocycles. The van der Waals surface area contributed by atoms with Gasteiger partial charge in [-0.3, -0.25) is 4.90 Å². The van der Waals surface area contributed by atoms with Gasteiger partial charge in [0.2, 0.25) is 0 Å². The van der Waals surface area contributed by atoms with Crippen molar-refractivity contribution in [1.82, 2.24) is 20.0 Å². The summed E-state index contributed by atoms with van der Waals surface area (Å²) in [4.78, 5) is 18.7. The third-order valence-corrected chi connectivity index (χ3v) is 4.02. The second kappa shape index (κ2) is 5.23. The first kappa shape index (κ1) is 12.6. The lowest BCUT2D eigenvalue weighted by molar-refractivity contribution is 0.0612. The molecule has 0 radical (unpaired) electrons. The van der Waals surface area contributed by atoms with Gasteiger partial charge in [-0.1, -0.05) is 0 Å². The molecule has 2 heterocycles. The average molecular weight is 240 g/mol. The number of amides is 2. The first-order chi connectivity index (χ1) is 8.09. The van der Waals surface area contributed by atoms with Gasteiger partial charge < -0.3 is 15.1 Å². The van der Waals surface area contributed by atoms with E-state index in [4.69, 9.17) is 0 Å². The first-order valence-corrected chi connectivity index (χ1v) is 6.56. The van der Waals surface area contributed by atoms with Crippen LogP contribution in [-0.4, -0.2) is 79.1 Å². The standard InChI is InChI=1S/C12H24N4O/c1-10-8-16(9-11(2)14(10)3)12(17)15-6-4-13-5-7-15/h10-11,13H,4-9H2,1-3H3. The summed E-state index contributed by atoms with van der Waals surface area (Å²) in [7, 11) is 2.14. The zero-order chi connectivity index (χ0) is 12.4. The molecule has 2 fully saturated rings. The molecule has 1 N–H and O–H groups in total. The molecule has 0 spiro atoms. The van der Waals surface area contributed by atoms with Gasteiger partial charge >= 0.3 is 6.03 Å². The summed E-state index contributed by atoms with van der Waals surface area (Å²) in [5.74, 6) is 0. The fraction of sp³-hybridized carbons (Fsp3) is 0.917. The fourth-order valence-electron chi connectivity index (χ4n) is 2.62. The number of likely N-dealkylation sites (N-methyl/N-ethyl adjacent to an activating group) is 1. The van der Waals surface area contributed by atoms with Gasteiger partial charge in [-0.25, -0.2) is 4.79 Å². The minimum Gasteiger partial charge on any atom is -0.322 e. The Labute approximate surface area is 104 Å². The number of carbonyl (C=O) groups is 1. The van der Waals surface area contributed by atoms with E-state index in [2.05, 4.69) is 31.1 Å². The van der Waals surface area contributed by atoms with Gasteiger partial charge in [-0.2, -0.15) is 0 Å². The summed E-state index contributed by atoms with van der Waals surface area (Å²) in [5, 5.41) is 3.28. The first-order valence-electron chi connectivity index (χ1n) is 6.56. The molecule has 2 aliphatic heterocycles. The highest BCUT2D eigenvalue weighted by atomic mass is 16.2. The van der Waals surface area contributed by atoms with Crippen LogP contribution in [0.1, 0.15) is 13.8 Å². The van der Waals surface area contributed by atoms with E-state index < -0.39 is 0 Å². The quantitative estimate of drug-likeness (QED) is 0.649. The second-order valence-corrected chi connectivity index (χ2v) is 5.29. The van der Waals surface area contributed by atoms with Crippen molar-refractivity contribution in [2.24, 2.45) is 0 Å². The molecule has 0 bridgehead atoms. The number of hydrogen-bond donors (Lipinski definition) is 1. The Morgan fingerprint density at radius 3 is 2.12 bits per heavy atom. The van der Waals surface area contributed by atoms with Gasteiger partial charge in [-0.05, 0) is 20.9 Å². The Balaban J connectivity index is 1.95. The van der Waals surface area contributed by atoms with Gasteiger partial charge in [0.25, 0.3) is 0 Å². The molecule has 0 aromatic rings. The summed E-state index contributed by atoms with van der Waals surface area (Å²) in [6, 6.07) is 1.12. The molecule has 2 aliphatic rings. The third-order valence-electron chi connectivity index (χ3n) is 4.02. The summed E-state index contributed by atoms with van der Waals surface area (Å²) >= 11 is 0. The summed E-state index contributed by atoms with van der Waals surface area (Å²) < 4.78 is 0. The molecule has 0 aliphatic carbocycles. The summed E-state index contributed by atoms with van der Waals surface area (Å²) in [6.45, 7) is 9.60. The Morgan fingerprint density at radius 2 is 1.59 bits per heavy atom. The maximum Gasteiger partial charge on any atom is 0.320 e. The summed E-state index contributed by atoms with van der Waals surface area (Å²) in [5.41, 5.74) is 0. The van der Waals surface area contributed by atoms with Gasteiger partial charge in [0.1, 0.15) is 0 Å². The number of nitrogens with one attached hydrogen (secondary N) is 1. The van der Waals surface area contributed by atoms with Crippen molar-refractivity contribution < 1.29 is 4.79 Å². The van der Waals surface area contributed by atoms with E-state index in [1.807, 2.05) is 9.80 Å². The molecule has 2 saturated heterocycles. The van der Waals surface area contributed by atoms with Crippen LogP contribution in [0.15, 0.2) is 0 Å². The highest BCUT2D eigenvalue weighted by molar-refractivity contribution is 5.74. The van der Waals surface area contributed by atoms with Crippen molar-refractivity contribution in [3.63, 3.8) is 0 Å². The lowest BCUT2D eigenvalue weighted by Gasteiger charge is -2.44.